The SMILES string of the molecule is CCOc1cc2[nH]c(=S)n(CCCCC(=O)N[C@@H](C)CC)c(=O)c2cc1OCC. The fraction of sp³-hybridized carbons (Fsp3) is 0.571. The van der Waals surface area contributed by atoms with Gasteiger partial charge in [-0.05, 0) is 58.3 Å². The Labute approximate surface area is 176 Å². The first-order chi connectivity index (χ1) is 13.9. The van der Waals surface area contributed by atoms with Crippen molar-refractivity contribution in [3.05, 3.63) is 27.3 Å². The van der Waals surface area contributed by atoms with Crippen LogP contribution in [0, 0.1) is 4.77 Å². The molecular formula is C21H31N3O4S. The van der Waals surface area contributed by atoms with Gasteiger partial charge in [0, 0.05) is 25.1 Å². The standard InChI is InChI=1S/C21H31N3O4S/c1-5-14(4)22-19(25)10-8-9-11-24-20(26)15-12-17(27-6-2)18(28-7-3)13-16(15)23-21(24)29/h12-14H,5-11H2,1-4H3,(H,22,25)(H,23,29)/t14-/m0/s1. The van der Waals surface area contributed by atoms with Crippen LogP contribution in [0.15, 0.2) is 16.9 Å². The Morgan fingerprint density at radius 1 is 1.17 bits per heavy atom. The van der Waals surface area contributed by atoms with Gasteiger partial charge in [-0.1, -0.05) is 6.92 Å². The summed E-state index contributed by atoms with van der Waals surface area (Å²) < 4.78 is 13.2. The number of hydrogen-bond acceptors (Lipinski definition) is 5. The van der Waals surface area contributed by atoms with Crippen molar-refractivity contribution >= 4 is 29.0 Å². The summed E-state index contributed by atoms with van der Waals surface area (Å²) in [5.74, 6) is 1.16. The third-order valence-electron chi connectivity index (χ3n) is 4.70. The molecule has 0 saturated heterocycles. The summed E-state index contributed by atoms with van der Waals surface area (Å²) in [7, 11) is 0. The molecule has 0 saturated carbocycles. The van der Waals surface area contributed by atoms with Crippen LogP contribution < -0.4 is 20.3 Å². The Kier molecular flexibility index (Phi) is 8.70. The second kappa shape index (κ2) is 11.0. The predicted molar refractivity (Wildman–Crippen MR) is 117 cm³/mol. The highest BCUT2D eigenvalue weighted by Gasteiger charge is 2.13. The number of amides is 1. The number of nitrogens with one attached hydrogen (secondary N) is 2. The van der Waals surface area contributed by atoms with Gasteiger partial charge in [-0.2, -0.15) is 0 Å². The molecule has 29 heavy (non-hydrogen) atoms. The summed E-state index contributed by atoms with van der Waals surface area (Å²) in [6, 6.07) is 3.64. The lowest BCUT2D eigenvalue weighted by atomic mass is 10.2. The van der Waals surface area contributed by atoms with Crippen molar-refractivity contribution < 1.29 is 14.3 Å². The summed E-state index contributed by atoms with van der Waals surface area (Å²) in [6.07, 6.45) is 2.72. The molecule has 0 fully saturated rings. The van der Waals surface area contributed by atoms with Crippen molar-refractivity contribution in [3.63, 3.8) is 0 Å². The molecule has 0 aliphatic carbocycles. The third-order valence-corrected chi connectivity index (χ3v) is 5.02. The van der Waals surface area contributed by atoms with Crippen molar-refractivity contribution in [2.75, 3.05) is 13.2 Å². The van der Waals surface area contributed by atoms with Gasteiger partial charge >= 0.3 is 0 Å². The number of aromatic amines is 1. The molecule has 0 bridgehead atoms. The van der Waals surface area contributed by atoms with Crippen LogP contribution in [0.2, 0.25) is 0 Å². The average molecular weight is 422 g/mol. The quantitative estimate of drug-likeness (QED) is 0.424. The molecule has 8 heteroatoms. The number of H-pyrrole nitrogens is 1. The number of ether oxygens (including phenoxy) is 2. The maximum atomic E-state index is 13.0. The summed E-state index contributed by atoms with van der Waals surface area (Å²) in [5, 5.41) is 3.45. The molecule has 0 aliphatic heterocycles. The molecule has 0 radical (unpaired) electrons. The average Bonchev–Trinajstić information content (AvgIpc) is 2.68. The van der Waals surface area contributed by atoms with Gasteiger partial charge in [0.15, 0.2) is 16.3 Å². The largest absolute Gasteiger partial charge is 0.490 e. The Bertz CT molecular complexity index is 951. The van der Waals surface area contributed by atoms with Crippen LogP contribution in [0.4, 0.5) is 0 Å². The number of fused-ring (bicyclic) bond motifs is 1. The molecule has 0 unspecified atom stereocenters. The number of unbranched alkanes of at least 4 members (excludes halogenated alkanes) is 1. The molecule has 0 aliphatic rings. The third kappa shape index (κ3) is 6.06. The zero-order valence-corrected chi connectivity index (χ0v) is 18.5. The van der Waals surface area contributed by atoms with Gasteiger partial charge in [-0.15, -0.1) is 0 Å². The van der Waals surface area contributed by atoms with Crippen LogP contribution >= 0.6 is 12.2 Å². The first-order valence-electron chi connectivity index (χ1n) is 10.3. The monoisotopic (exact) mass is 421 g/mol. The molecule has 160 valence electrons. The van der Waals surface area contributed by atoms with Gasteiger partial charge in [-0.3, -0.25) is 14.2 Å². The highest BCUT2D eigenvalue weighted by molar-refractivity contribution is 7.71. The molecule has 1 amide bonds. The molecule has 2 aromatic rings. The first-order valence-corrected chi connectivity index (χ1v) is 10.7. The van der Waals surface area contributed by atoms with E-state index in [4.69, 9.17) is 21.7 Å². The summed E-state index contributed by atoms with van der Waals surface area (Å²) in [5.41, 5.74) is 0.452. The van der Waals surface area contributed by atoms with Gasteiger partial charge in [0.25, 0.3) is 5.56 Å². The Morgan fingerprint density at radius 2 is 1.83 bits per heavy atom. The number of carbonyl (C=O) groups excluding carboxylic acids is 1. The van der Waals surface area contributed by atoms with E-state index in [1.165, 1.54) is 0 Å². The maximum Gasteiger partial charge on any atom is 0.262 e. The Balaban J connectivity index is 2.18. The van der Waals surface area contributed by atoms with Crippen LogP contribution in [0.3, 0.4) is 0 Å². The second-order valence-corrected chi connectivity index (χ2v) is 7.32. The molecular weight excluding hydrogens is 390 g/mol. The van der Waals surface area contributed by atoms with E-state index in [0.717, 1.165) is 6.42 Å². The topological polar surface area (TPSA) is 85.4 Å². The van der Waals surface area contributed by atoms with E-state index in [9.17, 15) is 9.59 Å². The molecule has 2 rings (SSSR count). The smallest absolute Gasteiger partial charge is 0.262 e. The van der Waals surface area contributed by atoms with Crippen molar-refractivity contribution in [2.24, 2.45) is 0 Å². The molecule has 1 atom stereocenters. The van der Waals surface area contributed by atoms with E-state index in [1.54, 1.807) is 16.7 Å². The lowest BCUT2D eigenvalue weighted by Crippen LogP contribution is -2.31. The molecule has 7 nitrogen and oxygen atoms in total. The lowest BCUT2D eigenvalue weighted by molar-refractivity contribution is -0.121. The van der Waals surface area contributed by atoms with Gasteiger partial charge in [0.1, 0.15) is 0 Å². The number of carbonyl (C=O) groups is 1. The lowest BCUT2D eigenvalue weighted by Gasteiger charge is -2.14. The minimum absolute atomic E-state index is 0.0418. The molecule has 1 heterocycles. The van der Waals surface area contributed by atoms with E-state index in [0.29, 0.717) is 66.2 Å². The Morgan fingerprint density at radius 3 is 2.45 bits per heavy atom. The van der Waals surface area contributed by atoms with Crippen molar-refractivity contribution in [3.8, 4) is 11.5 Å². The van der Waals surface area contributed by atoms with Gasteiger partial charge in [0.05, 0.1) is 24.1 Å². The number of benzene rings is 1. The minimum atomic E-state index is -0.170. The normalized spacial score (nSPS) is 12.0. The zero-order chi connectivity index (χ0) is 21.4. The molecule has 1 aromatic heterocycles. The highest BCUT2D eigenvalue weighted by Crippen LogP contribution is 2.30. The Hall–Kier alpha value is -2.35. The number of hydrogen-bond donors (Lipinski definition) is 2. The van der Waals surface area contributed by atoms with E-state index in [-0.39, 0.29) is 17.5 Å². The summed E-state index contributed by atoms with van der Waals surface area (Å²) in [6.45, 7) is 9.22. The molecule has 1 aromatic carbocycles. The predicted octanol–water partition coefficient (Wildman–Crippen LogP) is 3.94. The highest BCUT2D eigenvalue weighted by atomic mass is 32.1. The number of aromatic nitrogens is 2. The van der Waals surface area contributed by atoms with E-state index in [2.05, 4.69) is 10.3 Å². The zero-order valence-electron chi connectivity index (χ0n) is 17.7. The van der Waals surface area contributed by atoms with E-state index < -0.39 is 0 Å². The van der Waals surface area contributed by atoms with E-state index >= 15 is 0 Å². The number of rotatable bonds is 11. The van der Waals surface area contributed by atoms with Gasteiger partial charge < -0.3 is 19.8 Å². The first kappa shape index (κ1) is 22.9. The van der Waals surface area contributed by atoms with Crippen molar-refractivity contribution in [1.82, 2.24) is 14.9 Å². The fourth-order valence-electron chi connectivity index (χ4n) is 3.00. The molecule has 2 N–H and O–H groups in total. The maximum absolute atomic E-state index is 13.0. The van der Waals surface area contributed by atoms with Crippen LogP contribution in [-0.2, 0) is 11.3 Å². The van der Waals surface area contributed by atoms with Crippen molar-refractivity contribution in [1.29, 1.82) is 0 Å². The fourth-order valence-corrected chi connectivity index (χ4v) is 3.29. The second-order valence-electron chi connectivity index (χ2n) is 6.93. The van der Waals surface area contributed by atoms with Gasteiger partial charge in [0.2, 0.25) is 5.91 Å². The minimum Gasteiger partial charge on any atom is -0.490 e. The van der Waals surface area contributed by atoms with Crippen LogP contribution in [0.5, 0.6) is 11.5 Å². The van der Waals surface area contributed by atoms with Crippen molar-refractivity contribution in [2.45, 2.75) is 66.0 Å². The number of nitrogens with zero attached hydrogens (tertiary/aromatic N) is 1. The van der Waals surface area contributed by atoms with Gasteiger partial charge in [-0.25, -0.2) is 0 Å². The summed E-state index contributed by atoms with van der Waals surface area (Å²) >= 11 is 5.39. The van der Waals surface area contributed by atoms with E-state index in [1.807, 2.05) is 27.7 Å². The van der Waals surface area contributed by atoms with Crippen LogP contribution in [0.25, 0.3) is 10.9 Å². The molecule has 0 spiro atoms. The summed E-state index contributed by atoms with van der Waals surface area (Å²) in [4.78, 5) is 28.0. The van der Waals surface area contributed by atoms with Crippen LogP contribution in [0.1, 0.15) is 53.4 Å². The van der Waals surface area contributed by atoms with Crippen LogP contribution in [-0.4, -0.2) is 34.7 Å².